The second-order valence-corrected chi connectivity index (χ2v) is 8.21. The number of aryl methyl sites for hydroxylation is 3. The Labute approximate surface area is 148 Å². The van der Waals surface area contributed by atoms with Gasteiger partial charge < -0.3 is 4.90 Å². The van der Waals surface area contributed by atoms with E-state index < -0.39 is 0 Å². The Kier molecular flexibility index (Phi) is 4.45. The number of amides is 1. The van der Waals surface area contributed by atoms with Crippen molar-refractivity contribution in [2.24, 2.45) is 0 Å². The maximum absolute atomic E-state index is 13.2. The van der Waals surface area contributed by atoms with Crippen LogP contribution in [0.2, 0.25) is 0 Å². The van der Waals surface area contributed by atoms with Gasteiger partial charge in [0, 0.05) is 17.5 Å². The standard InChI is InChI=1S/C21H25NOS/c1-2-12-22(18-11-10-15-6-3-4-7-16(15)13-18)21(23)20-14-17-8-5-9-19(17)24-20/h3-4,6-7,14,18H,2,5,8-13H2,1H3/t18-/m1/s1. The van der Waals surface area contributed by atoms with E-state index in [1.165, 1.54) is 28.0 Å². The molecule has 24 heavy (non-hydrogen) atoms. The van der Waals surface area contributed by atoms with Gasteiger partial charge in [0.25, 0.3) is 5.91 Å². The molecule has 0 N–H and O–H groups in total. The molecule has 3 heteroatoms. The predicted molar refractivity (Wildman–Crippen MR) is 99.9 cm³/mol. The van der Waals surface area contributed by atoms with Crippen molar-refractivity contribution >= 4 is 17.2 Å². The summed E-state index contributed by atoms with van der Waals surface area (Å²) in [6.45, 7) is 3.04. The lowest BCUT2D eigenvalue weighted by Gasteiger charge is -2.35. The molecular weight excluding hydrogens is 314 g/mol. The lowest BCUT2D eigenvalue weighted by Crippen LogP contribution is -2.43. The zero-order valence-electron chi connectivity index (χ0n) is 14.4. The SMILES string of the molecule is CCCN(C(=O)c1cc2c(s1)CCC2)[C@@H]1CCc2ccccc2C1. The number of fused-ring (bicyclic) bond motifs is 2. The second kappa shape index (κ2) is 6.72. The highest BCUT2D eigenvalue weighted by atomic mass is 32.1. The van der Waals surface area contributed by atoms with Gasteiger partial charge >= 0.3 is 0 Å². The lowest BCUT2D eigenvalue weighted by molar-refractivity contribution is 0.0666. The maximum atomic E-state index is 13.2. The van der Waals surface area contributed by atoms with Crippen LogP contribution in [0, 0.1) is 0 Å². The van der Waals surface area contributed by atoms with E-state index in [2.05, 4.69) is 42.2 Å². The summed E-state index contributed by atoms with van der Waals surface area (Å²) in [5.41, 5.74) is 4.32. The number of thiophene rings is 1. The molecule has 2 aromatic rings. The minimum atomic E-state index is 0.264. The Balaban J connectivity index is 1.56. The molecule has 0 radical (unpaired) electrons. The van der Waals surface area contributed by atoms with Crippen LogP contribution in [0.5, 0.6) is 0 Å². The first kappa shape index (κ1) is 15.9. The van der Waals surface area contributed by atoms with Crippen molar-refractivity contribution in [3.8, 4) is 0 Å². The summed E-state index contributed by atoms with van der Waals surface area (Å²) >= 11 is 1.74. The van der Waals surface area contributed by atoms with E-state index in [-0.39, 0.29) is 5.91 Å². The highest BCUT2D eigenvalue weighted by molar-refractivity contribution is 7.14. The number of hydrogen-bond acceptors (Lipinski definition) is 2. The van der Waals surface area contributed by atoms with Gasteiger partial charge in [-0.2, -0.15) is 0 Å². The first-order valence-corrected chi connectivity index (χ1v) is 10.1. The number of nitrogens with zero attached hydrogens (tertiary/aromatic N) is 1. The summed E-state index contributed by atoms with van der Waals surface area (Å²) < 4.78 is 0. The number of carbonyl (C=O) groups is 1. The van der Waals surface area contributed by atoms with Crippen LogP contribution in [0.1, 0.15) is 57.4 Å². The van der Waals surface area contributed by atoms with Crippen molar-refractivity contribution < 1.29 is 4.79 Å². The zero-order chi connectivity index (χ0) is 16.5. The average Bonchev–Trinajstić information content (AvgIpc) is 3.20. The fraction of sp³-hybridized carbons (Fsp3) is 0.476. The van der Waals surface area contributed by atoms with Crippen LogP contribution in [0.25, 0.3) is 0 Å². The molecule has 2 aliphatic carbocycles. The topological polar surface area (TPSA) is 20.3 Å². The van der Waals surface area contributed by atoms with Crippen LogP contribution in [-0.4, -0.2) is 23.4 Å². The quantitative estimate of drug-likeness (QED) is 0.794. The number of hydrogen-bond donors (Lipinski definition) is 0. The summed E-state index contributed by atoms with van der Waals surface area (Å²) in [4.78, 5) is 17.8. The van der Waals surface area contributed by atoms with Gasteiger partial charge in [0.15, 0.2) is 0 Å². The third-order valence-corrected chi connectivity index (χ3v) is 6.67. The van der Waals surface area contributed by atoms with Crippen molar-refractivity contribution in [1.82, 2.24) is 4.90 Å². The summed E-state index contributed by atoms with van der Waals surface area (Å²) in [7, 11) is 0. The third kappa shape index (κ3) is 2.90. The molecule has 126 valence electrons. The highest BCUT2D eigenvalue weighted by Gasteiger charge is 2.29. The van der Waals surface area contributed by atoms with Crippen LogP contribution in [0.15, 0.2) is 30.3 Å². The highest BCUT2D eigenvalue weighted by Crippen LogP contribution is 2.33. The van der Waals surface area contributed by atoms with Gasteiger partial charge in [-0.05, 0) is 67.7 Å². The minimum Gasteiger partial charge on any atom is -0.335 e. The van der Waals surface area contributed by atoms with Crippen molar-refractivity contribution in [2.75, 3.05) is 6.54 Å². The van der Waals surface area contributed by atoms with E-state index in [4.69, 9.17) is 0 Å². The van der Waals surface area contributed by atoms with Crippen molar-refractivity contribution in [3.63, 3.8) is 0 Å². The van der Waals surface area contributed by atoms with Crippen LogP contribution in [0.3, 0.4) is 0 Å². The molecule has 2 aliphatic rings. The van der Waals surface area contributed by atoms with Gasteiger partial charge in [0.1, 0.15) is 0 Å². The minimum absolute atomic E-state index is 0.264. The summed E-state index contributed by atoms with van der Waals surface area (Å²) in [6, 6.07) is 11.2. The predicted octanol–water partition coefficient (Wildman–Crippen LogP) is 4.65. The normalized spacial score (nSPS) is 19.0. The molecular formula is C21H25NOS. The molecule has 1 aromatic heterocycles. The fourth-order valence-corrected chi connectivity index (χ4v) is 5.42. The molecule has 0 saturated carbocycles. The molecule has 4 rings (SSSR count). The van der Waals surface area contributed by atoms with Crippen LogP contribution >= 0.6 is 11.3 Å². The first-order chi connectivity index (χ1) is 11.8. The molecule has 0 bridgehead atoms. The molecule has 1 heterocycles. The molecule has 0 fully saturated rings. The molecule has 0 aliphatic heterocycles. The summed E-state index contributed by atoms with van der Waals surface area (Å²) in [5, 5.41) is 0. The Morgan fingerprint density at radius 3 is 2.79 bits per heavy atom. The Hall–Kier alpha value is -1.61. The number of benzene rings is 1. The van der Waals surface area contributed by atoms with Gasteiger partial charge in [-0.25, -0.2) is 0 Å². The Morgan fingerprint density at radius 2 is 2.00 bits per heavy atom. The van der Waals surface area contributed by atoms with E-state index in [0.29, 0.717) is 6.04 Å². The Morgan fingerprint density at radius 1 is 1.17 bits per heavy atom. The van der Waals surface area contributed by atoms with Gasteiger partial charge in [-0.3, -0.25) is 4.79 Å². The van der Waals surface area contributed by atoms with Crippen LogP contribution in [-0.2, 0) is 25.7 Å². The average molecular weight is 340 g/mol. The van der Waals surface area contributed by atoms with Crippen LogP contribution < -0.4 is 0 Å². The van der Waals surface area contributed by atoms with E-state index >= 15 is 0 Å². The van der Waals surface area contributed by atoms with Crippen LogP contribution in [0.4, 0.5) is 0 Å². The lowest BCUT2D eigenvalue weighted by atomic mass is 9.87. The smallest absolute Gasteiger partial charge is 0.264 e. The summed E-state index contributed by atoms with van der Waals surface area (Å²) in [5.74, 6) is 0.264. The molecule has 2 nitrogen and oxygen atoms in total. The monoisotopic (exact) mass is 339 g/mol. The molecule has 1 aromatic carbocycles. The summed E-state index contributed by atoms with van der Waals surface area (Å²) in [6.07, 6.45) is 7.79. The van der Waals surface area contributed by atoms with Gasteiger partial charge in [-0.15, -0.1) is 11.3 Å². The van der Waals surface area contributed by atoms with E-state index in [9.17, 15) is 4.79 Å². The zero-order valence-corrected chi connectivity index (χ0v) is 15.2. The molecule has 0 unspecified atom stereocenters. The van der Waals surface area contributed by atoms with Crippen molar-refractivity contribution in [2.45, 2.75) is 57.9 Å². The number of carbonyl (C=O) groups excluding carboxylic acids is 1. The number of rotatable bonds is 4. The molecule has 1 atom stereocenters. The van der Waals surface area contributed by atoms with Gasteiger partial charge in [-0.1, -0.05) is 31.2 Å². The van der Waals surface area contributed by atoms with Gasteiger partial charge in [0.2, 0.25) is 0 Å². The van der Waals surface area contributed by atoms with Crippen molar-refractivity contribution in [3.05, 3.63) is 56.8 Å². The third-order valence-electron chi connectivity index (χ3n) is 5.44. The molecule has 0 spiro atoms. The van der Waals surface area contributed by atoms with E-state index in [0.717, 1.165) is 49.9 Å². The first-order valence-electron chi connectivity index (χ1n) is 9.25. The largest absolute Gasteiger partial charge is 0.335 e. The second-order valence-electron chi connectivity index (χ2n) is 7.08. The van der Waals surface area contributed by atoms with Gasteiger partial charge in [0.05, 0.1) is 4.88 Å². The van der Waals surface area contributed by atoms with Crippen molar-refractivity contribution in [1.29, 1.82) is 0 Å². The van der Waals surface area contributed by atoms with E-state index in [1.807, 2.05) is 0 Å². The van der Waals surface area contributed by atoms with E-state index in [1.54, 1.807) is 11.3 Å². The molecule has 1 amide bonds. The fourth-order valence-electron chi connectivity index (χ4n) is 4.21. The molecule has 0 saturated heterocycles. The Bertz CT molecular complexity index is 727. The maximum Gasteiger partial charge on any atom is 0.264 e.